The topological polar surface area (TPSA) is 81.0 Å². The minimum absolute atomic E-state index is 0.0310. The monoisotopic (exact) mass is 376 g/mol. The van der Waals surface area contributed by atoms with Crippen LogP contribution in [0.4, 0.5) is 0 Å². The van der Waals surface area contributed by atoms with Crippen LogP contribution in [0.3, 0.4) is 0 Å². The molecule has 0 saturated carbocycles. The number of nitrogens with zero attached hydrogens (tertiary/aromatic N) is 1. The average molecular weight is 376 g/mol. The van der Waals surface area contributed by atoms with Gasteiger partial charge in [0, 0.05) is 18.6 Å². The molecule has 3 aromatic rings. The first-order valence-electron chi connectivity index (χ1n) is 9.98. The summed E-state index contributed by atoms with van der Waals surface area (Å²) >= 11 is 0. The lowest BCUT2D eigenvalue weighted by atomic mass is 9.93. The largest absolute Gasteiger partial charge is 0.352 e. The van der Waals surface area contributed by atoms with E-state index in [4.69, 9.17) is 0 Å². The Bertz CT molecular complexity index is 1060. The molecule has 5 rings (SSSR count). The third-order valence-corrected chi connectivity index (χ3v) is 6.25. The van der Waals surface area contributed by atoms with Gasteiger partial charge in [0.15, 0.2) is 0 Å². The summed E-state index contributed by atoms with van der Waals surface area (Å²) in [6, 6.07) is 16.9. The van der Waals surface area contributed by atoms with Crippen molar-refractivity contribution in [3.8, 4) is 0 Å². The predicted molar refractivity (Wildman–Crippen MR) is 108 cm³/mol. The second-order valence-corrected chi connectivity index (χ2v) is 7.89. The van der Waals surface area contributed by atoms with Crippen molar-refractivity contribution in [3.05, 3.63) is 70.1 Å². The first-order chi connectivity index (χ1) is 13.7. The fourth-order valence-corrected chi connectivity index (χ4v) is 4.96. The van der Waals surface area contributed by atoms with E-state index >= 15 is 0 Å². The van der Waals surface area contributed by atoms with Gasteiger partial charge in [0.1, 0.15) is 0 Å². The zero-order valence-corrected chi connectivity index (χ0v) is 15.7. The molecule has 0 aliphatic carbocycles. The molecule has 1 aromatic heterocycles. The van der Waals surface area contributed by atoms with Crippen LogP contribution in [0.5, 0.6) is 0 Å². The van der Waals surface area contributed by atoms with Crippen molar-refractivity contribution < 1.29 is 4.79 Å². The molecule has 0 bridgehead atoms. The van der Waals surface area contributed by atoms with Crippen LogP contribution in [0.1, 0.15) is 36.4 Å². The zero-order chi connectivity index (χ0) is 19.1. The molecular weight excluding hydrogens is 352 g/mol. The molecule has 6 nitrogen and oxygen atoms in total. The van der Waals surface area contributed by atoms with Crippen molar-refractivity contribution in [2.45, 2.75) is 37.9 Å². The molecule has 2 aliphatic heterocycles. The average Bonchev–Trinajstić information content (AvgIpc) is 3.40. The summed E-state index contributed by atoms with van der Waals surface area (Å²) in [7, 11) is 0. The number of aromatic amines is 2. The Morgan fingerprint density at radius 1 is 1.11 bits per heavy atom. The summed E-state index contributed by atoms with van der Waals surface area (Å²) in [6.45, 7) is 1.55. The van der Waals surface area contributed by atoms with E-state index in [-0.39, 0.29) is 17.5 Å². The van der Waals surface area contributed by atoms with Crippen molar-refractivity contribution in [1.82, 2.24) is 20.2 Å². The van der Waals surface area contributed by atoms with Gasteiger partial charge in [0.2, 0.25) is 5.91 Å². The number of carbonyl (C=O) groups is 1. The summed E-state index contributed by atoms with van der Waals surface area (Å²) in [5.74, 6) is 0.168. The van der Waals surface area contributed by atoms with Crippen LogP contribution in [-0.2, 0) is 11.3 Å². The number of aromatic nitrogens is 2. The second-order valence-electron chi connectivity index (χ2n) is 7.89. The maximum Gasteiger partial charge on any atom is 0.323 e. The zero-order valence-electron chi connectivity index (χ0n) is 15.7. The quantitative estimate of drug-likeness (QED) is 0.655. The lowest BCUT2D eigenvalue weighted by Gasteiger charge is -2.24. The summed E-state index contributed by atoms with van der Waals surface area (Å²) in [5.41, 5.74) is 3.63. The third kappa shape index (κ3) is 3.03. The number of benzene rings is 2. The minimum Gasteiger partial charge on any atom is -0.352 e. The van der Waals surface area contributed by atoms with Crippen molar-refractivity contribution >= 4 is 16.9 Å². The molecular formula is C22H24N4O2. The van der Waals surface area contributed by atoms with Gasteiger partial charge in [-0.25, -0.2) is 4.79 Å². The van der Waals surface area contributed by atoms with Gasteiger partial charge in [-0.3, -0.25) is 9.69 Å². The Morgan fingerprint density at radius 2 is 1.93 bits per heavy atom. The molecule has 2 saturated heterocycles. The highest BCUT2D eigenvalue weighted by Crippen LogP contribution is 2.44. The number of carbonyl (C=O) groups excluding carboxylic acids is 1. The standard InChI is InChI=1S/C22H24N4O2/c27-21(23-13-14-8-9-17-18(11-14)25-22(28)24-17)16-12-20(15-5-2-1-3-6-15)26-10-4-7-19(16)26/h1-3,5-6,8-9,11,16,19-20H,4,7,10,12-13H2,(H,23,27)(H2,24,25,28)/t16-,19+,20-/m0/s1. The Kier molecular flexibility index (Phi) is 4.28. The van der Waals surface area contributed by atoms with Crippen LogP contribution in [0.15, 0.2) is 53.3 Å². The summed E-state index contributed by atoms with van der Waals surface area (Å²) < 4.78 is 0. The molecule has 2 aromatic carbocycles. The van der Waals surface area contributed by atoms with Gasteiger partial charge < -0.3 is 15.3 Å². The fourth-order valence-electron chi connectivity index (χ4n) is 4.96. The number of fused-ring (bicyclic) bond motifs is 2. The Morgan fingerprint density at radius 3 is 2.79 bits per heavy atom. The number of nitrogens with one attached hydrogen (secondary N) is 3. The lowest BCUT2D eigenvalue weighted by Crippen LogP contribution is -2.37. The molecule has 2 aliphatic rings. The molecule has 6 heteroatoms. The van der Waals surface area contributed by atoms with Gasteiger partial charge in [0.05, 0.1) is 17.0 Å². The number of H-pyrrole nitrogens is 2. The van der Waals surface area contributed by atoms with E-state index in [9.17, 15) is 9.59 Å². The predicted octanol–water partition coefficient (Wildman–Crippen LogP) is 2.70. The molecule has 3 atom stereocenters. The highest BCUT2D eigenvalue weighted by molar-refractivity contribution is 5.80. The second kappa shape index (κ2) is 6.95. The third-order valence-electron chi connectivity index (χ3n) is 6.25. The molecule has 2 fully saturated rings. The van der Waals surface area contributed by atoms with Crippen LogP contribution < -0.4 is 11.0 Å². The van der Waals surface area contributed by atoms with Gasteiger partial charge in [-0.05, 0) is 49.1 Å². The van der Waals surface area contributed by atoms with Crippen molar-refractivity contribution in [2.75, 3.05) is 6.54 Å². The Balaban J connectivity index is 1.29. The van der Waals surface area contributed by atoms with E-state index in [1.54, 1.807) is 0 Å². The van der Waals surface area contributed by atoms with Gasteiger partial charge >= 0.3 is 5.69 Å². The van der Waals surface area contributed by atoms with E-state index in [1.807, 2.05) is 24.3 Å². The number of hydrogen-bond donors (Lipinski definition) is 3. The lowest BCUT2D eigenvalue weighted by molar-refractivity contribution is -0.125. The van der Waals surface area contributed by atoms with Crippen LogP contribution in [0, 0.1) is 5.92 Å². The van der Waals surface area contributed by atoms with E-state index in [0.29, 0.717) is 18.6 Å². The SMILES string of the molecule is O=C(NCc1ccc2[nH]c(=O)[nH]c2c1)[C@H]1C[C@@H](c2ccccc2)N2CCC[C@H]12. The normalized spacial score (nSPS) is 24.5. The van der Waals surface area contributed by atoms with E-state index in [1.165, 1.54) is 5.56 Å². The summed E-state index contributed by atoms with van der Waals surface area (Å²) in [6.07, 6.45) is 3.14. The van der Waals surface area contributed by atoms with Crippen molar-refractivity contribution in [2.24, 2.45) is 5.92 Å². The van der Waals surface area contributed by atoms with E-state index < -0.39 is 0 Å². The maximum absolute atomic E-state index is 13.0. The highest BCUT2D eigenvalue weighted by Gasteiger charge is 2.46. The first-order valence-corrected chi connectivity index (χ1v) is 9.98. The van der Waals surface area contributed by atoms with Gasteiger partial charge in [-0.2, -0.15) is 0 Å². The molecule has 144 valence electrons. The smallest absolute Gasteiger partial charge is 0.323 e. The van der Waals surface area contributed by atoms with Crippen LogP contribution >= 0.6 is 0 Å². The molecule has 0 unspecified atom stereocenters. The Hall–Kier alpha value is -2.86. The molecule has 28 heavy (non-hydrogen) atoms. The molecule has 0 spiro atoms. The van der Waals surface area contributed by atoms with Crippen molar-refractivity contribution in [3.63, 3.8) is 0 Å². The van der Waals surface area contributed by atoms with Gasteiger partial charge in [0.25, 0.3) is 0 Å². The molecule has 3 N–H and O–H groups in total. The fraction of sp³-hybridized carbons (Fsp3) is 0.364. The van der Waals surface area contributed by atoms with Crippen molar-refractivity contribution in [1.29, 1.82) is 0 Å². The van der Waals surface area contributed by atoms with Crippen LogP contribution in [-0.4, -0.2) is 33.4 Å². The number of imidazole rings is 1. The number of hydrogen-bond acceptors (Lipinski definition) is 3. The highest BCUT2D eigenvalue weighted by atomic mass is 16.2. The molecule has 3 heterocycles. The number of amides is 1. The van der Waals surface area contributed by atoms with Gasteiger partial charge in [-0.1, -0.05) is 36.4 Å². The van der Waals surface area contributed by atoms with E-state index in [0.717, 1.165) is 42.4 Å². The Labute approximate surface area is 163 Å². The molecule has 1 amide bonds. The minimum atomic E-state index is -0.213. The number of rotatable bonds is 4. The van der Waals surface area contributed by atoms with E-state index in [2.05, 4.69) is 44.5 Å². The molecule has 0 radical (unpaired) electrons. The summed E-state index contributed by atoms with van der Waals surface area (Å²) in [4.78, 5) is 32.4. The van der Waals surface area contributed by atoms with Crippen LogP contribution in [0.2, 0.25) is 0 Å². The summed E-state index contributed by atoms with van der Waals surface area (Å²) in [5, 5.41) is 3.13. The van der Waals surface area contributed by atoms with Gasteiger partial charge in [-0.15, -0.1) is 0 Å². The first kappa shape index (κ1) is 17.3. The maximum atomic E-state index is 13.0. The van der Waals surface area contributed by atoms with Crippen LogP contribution in [0.25, 0.3) is 11.0 Å².